The van der Waals surface area contributed by atoms with Crippen molar-refractivity contribution in [3.05, 3.63) is 53.7 Å². The predicted molar refractivity (Wildman–Crippen MR) is 69.8 cm³/mol. The fourth-order valence-corrected chi connectivity index (χ4v) is 2.61. The molecule has 0 saturated carbocycles. The highest BCUT2D eigenvalue weighted by atomic mass is 14.9. The molecule has 0 fully saturated rings. The Hall–Kier alpha value is -1.67. The summed E-state index contributed by atoms with van der Waals surface area (Å²) in [7, 11) is 2.03. The highest BCUT2D eigenvalue weighted by molar-refractivity contribution is 5.61. The van der Waals surface area contributed by atoms with Crippen molar-refractivity contribution in [3.63, 3.8) is 0 Å². The van der Waals surface area contributed by atoms with Crippen LogP contribution in [-0.2, 0) is 6.42 Å². The van der Waals surface area contributed by atoms with E-state index in [1.165, 1.54) is 29.5 Å². The molecule has 2 nitrogen and oxygen atoms in total. The first-order valence-corrected chi connectivity index (χ1v) is 6.10. The number of rotatable bonds is 2. The number of fused-ring (bicyclic) bond motifs is 1. The lowest BCUT2D eigenvalue weighted by Gasteiger charge is -2.10. The molecule has 0 spiro atoms. The Morgan fingerprint density at radius 1 is 1.24 bits per heavy atom. The maximum absolute atomic E-state index is 4.40. The third-order valence-electron chi connectivity index (χ3n) is 3.53. The summed E-state index contributed by atoms with van der Waals surface area (Å²) in [6, 6.07) is 13.3. The minimum Gasteiger partial charge on any atom is -0.313 e. The summed E-state index contributed by atoms with van der Waals surface area (Å²) < 4.78 is 0. The molecule has 1 aromatic heterocycles. The number of aromatic nitrogens is 1. The Bertz CT molecular complexity index is 520. The van der Waals surface area contributed by atoms with E-state index in [-0.39, 0.29) is 0 Å². The molecule has 1 aromatic carbocycles. The zero-order valence-corrected chi connectivity index (χ0v) is 9.98. The van der Waals surface area contributed by atoms with E-state index in [4.69, 9.17) is 0 Å². The van der Waals surface area contributed by atoms with E-state index in [0.29, 0.717) is 6.04 Å². The van der Waals surface area contributed by atoms with Gasteiger partial charge in [0.15, 0.2) is 0 Å². The van der Waals surface area contributed by atoms with Gasteiger partial charge in [0.1, 0.15) is 0 Å². The molecule has 86 valence electrons. The minimum atomic E-state index is 0.530. The zero-order valence-electron chi connectivity index (χ0n) is 9.98. The topological polar surface area (TPSA) is 24.9 Å². The summed E-state index contributed by atoms with van der Waals surface area (Å²) in [5.74, 6) is 0. The van der Waals surface area contributed by atoms with Crippen LogP contribution in [0.25, 0.3) is 11.3 Å². The second-order valence-corrected chi connectivity index (χ2v) is 4.51. The monoisotopic (exact) mass is 224 g/mol. The van der Waals surface area contributed by atoms with Gasteiger partial charge in [-0.2, -0.15) is 0 Å². The van der Waals surface area contributed by atoms with Gasteiger partial charge in [0.05, 0.1) is 5.69 Å². The molecule has 0 saturated heterocycles. The van der Waals surface area contributed by atoms with Crippen LogP contribution in [0.4, 0.5) is 0 Å². The van der Waals surface area contributed by atoms with Crippen LogP contribution in [0.5, 0.6) is 0 Å². The molecular formula is C15H16N2. The lowest BCUT2D eigenvalue weighted by Crippen LogP contribution is -2.12. The van der Waals surface area contributed by atoms with Crippen LogP contribution in [0.1, 0.15) is 23.6 Å². The third kappa shape index (κ3) is 1.85. The lowest BCUT2D eigenvalue weighted by molar-refractivity contribution is 0.590. The fourth-order valence-electron chi connectivity index (χ4n) is 2.61. The van der Waals surface area contributed by atoms with Crippen molar-refractivity contribution in [2.45, 2.75) is 18.9 Å². The fraction of sp³-hybridized carbons (Fsp3) is 0.267. The summed E-state index contributed by atoms with van der Waals surface area (Å²) in [6.07, 6.45) is 4.22. The van der Waals surface area contributed by atoms with Crippen LogP contribution in [-0.4, -0.2) is 12.0 Å². The van der Waals surface area contributed by atoms with Gasteiger partial charge in [-0.25, -0.2) is 0 Å². The second kappa shape index (κ2) is 4.30. The van der Waals surface area contributed by atoms with Crippen molar-refractivity contribution < 1.29 is 0 Å². The van der Waals surface area contributed by atoms with Gasteiger partial charge < -0.3 is 5.32 Å². The summed E-state index contributed by atoms with van der Waals surface area (Å²) in [4.78, 5) is 4.40. The van der Waals surface area contributed by atoms with Gasteiger partial charge in [-0.3, -0.25) is 4.98 Å². The Labute approximate surface area is 102 Å². The standard InChI is InChI=1S/C15H16N2/c1-16-15-8-6-11-10-12(5-7-13(11)15)14-4-2-3-9-17-14/h2-5,7,9-10,15-16H,6,8H2,1H3. The molecule has 1 heterocycles. The number of hydrogen-bond donors (Lipinski definition) is 1. The van der Waals surface area contributed by atoms with E-state index in [0.717, 1.165) is 5.69 Å². The molecule has 1 atom stereocenters. The summed E-state index contributed by atoms with van der Waals surface area (Å²) >= 11 is 0. The average molecular weight is 224 g/mol. The Morgan fingerprint density at radius 3 is 2.94 bits per heavy atom. The normalized spacial score (nSPS) is 18.1. The number of benzene rings is 1. The van der Waals surface area contributed by atoms with Crippen molar-refractivity contribution in [1.29, 1.82) is 0 Å². The molecule has 3 rings (SSSR count). The molecule has 1 unspecified atom stereocenters. The molecule has 1 aliphatic rings. The van der Waals surface area contributed by atoms with E-state index >= 15 is 0 Å². The Morgan fingerprint density at radius 2 is 2.18 bits per heavy atom. The van der Waals surface area contributed by atoms with E-state index < -0.39 is 0 Å². The van der Waals surface area contributed by atoms with Crippen molar-refractivity contribution in [1.82, 2.24) is 10.3 Å². The number of aryl methyl sites for hydroxylation is 1. The van der Waals surface area contributed by atoms with E-state index in [2.05, 4.69) is 34.6 Å². The first-order valence-electron chi connectivity index (χ1n) is 6.10. The lowest BCUT2D eigenvalue weighted by atomic mass is 10.0. The molecule has 0 aliphatic heterocycles. The van der Waals surface area contributed by atoms with Gasteiger partial charge in [-0.15, -0.1) is 0 Å². The summed E-state index contributed by atoms with van der Waals surface area (Å²) in [5, 5.41) is 3.36. The molecule has 1 N–H and O–H groups in total. The Kier molecular flexibility index (Phi) is 2.65. The third-order valence-corrected chi connectivity index (χ3v) is 3.53. The smallest absolute Gasteiger partial charge is 0.0702 e. The SMILES string of the molecule is CNC1CCc2cc(-c3ccccn3)ccc21. The maximum atomic E-state index is 4.40. The molecular weight excluding hydrogens is 208 g/mol. The number of hydrogen-bond acceptors (Lipinski definition) is 2. The van der Waals surface area contributed by atoms with Crippen LogP contribution in [0, 0.1) is 0 Å². The van der Waals surface area contributed by atoms with Crippen LogP contribution >= 0.6 is 0 Å². The largest absolute Gasteiger partial charge is 0.313 e. The van der Waals surface area contributed by atoms with Gasteiger partial charge in [0.25, 0.3) is 0 Å². The second-order valence-electron chi connectivity index (χ2n) is 4.51. The van der Waals surface area contributed by atoms with Gasteiger partial charge in [0.2, 0.25) is 0 Å². The number of pyridine rings is 1. The predicted octanol–water partition coefficient (Wildman–Crippen LogP) is 2.96. The van der Waals surface area contributed by atoms with Crippen molar-refractivity contribution in [3.8, 4) is 11.3 Å². The molecule has 2 aromatic rings. The van der Waals surface area contributed by atoms with Gasteiger partial charge in [-0.05, 0) is 49.2 Å². The van der Waals surface area contributed by atoms with Crippen LogP contribution in [0.2, 0.25) is 0 Å². The van der Waals surface area contributed by atoms with Gasteiger partial charge in [0, 0.05) is 17.8 Å². The Balaban J connectivity index is 2.01. The molecule has 0 amide bonds. The quantitative estimate of drug-likeness (QED) is 0.848. The van der Waals surface area contributed by atoms with Crippen molar-refractivity contribution >= 4 is 0 Å². The number of nitrogens with one attached hydrogen (secondary N) is 1. The molecule has 0 bridgehead atoms. The highest BCUT2D eigenvalue weighted by Crippen LogP contribution is 2.33. The first kappa shape index (κ1) is 10.5. The molecule has 2 heteroatoms. The molecule has 0 radical (unpaired) electrons. The number of nitrogens with zero attached hydrogens (tertiary/aromatic N) is 1. The average Bonchev–Trinajstić information content (AvgIpc) is 2.81. The van der Waals surface area contributed by atoms with Crippen LogP contribution in [0.3, 0.4) is 0 Å². The van der Waals surface area contributed by atoms with E-state index in [9.17, 15) is 0 Å². The van der Waals surface area contributed by atoms with Crippen molar-refractivity contribution in [2.24, 2.45) is 0 Å². The van der Waals surface area contributed by atoms with Crippen LogP contribution in [0.15, 0.2) is 42.6 Å². The summed E-state index contributed by atoms with van der Waals surface area (Å²) in [5.41, 5.74) is 5.20. The van der Waals surface area contributed by atoms with Gasteiger partial charge in [-0.1, -0.05) is 18.2 Å². The van der Waals surface area contributed by atoms with Crippen molar-refractivity contribution in [2.75, 3.05) is 7.05 Å². The van der Waals surface area contributed by atoms with Gasteiger partial charge >= 0.3 is 0 Å². The maximum Gasteiger partial charge on any atom is 0.0702 e. The summed E-state index contributed by atoms with van der Waals surface area (Å²) in [6.45, 7) is 0. The zero-order chi connectivity index (χ0) is 11.7. The van der Waals surface area contributed by atoms with E-state index in [1.807, 2.05) is 25.4 Å². The molecule has 17 heavy (non-hydrogen) atoms. The molecule has 1 aliphatic carbocycles. The van der Waals surface area contributed by atoms with Crippen LogP contribution < -0.4 is 5.32 Å². The van der Waals surface area contributed by atoms with E-state index in [1.54, 1.807) is 0 Å². The first-order chi connectivity index (χ1) is 8.38. The minimum absolute atomic E-state index is 0.530. The highest BCUT2D eigenvalue weighted by Gasteiger charge is 2.20.